The van der Waals surface area contributed by atoms with Gasteiger partial charge in [-0.1, -0.05) is 19.8 Å². The van der Waals surface area contributed by atoms with Crippen molar-refractivity contribution in [3.8, 4) is 0 Å². The molecular weight excluding hydrogens is 268 g/mol. The van der Waals surface area contributed by atoms with E-state index in [-0.39, 0.29) is 17.0 Å². The molecule has 0 saturated carbocycles. The van der Waals surface area contributed by atoms with E-state index in [1.807, 2.05) is 6.07 Å². The van der Waals surface area contributed by atoms with Gasteiger partial charge < -0.3 is 4.90 Å². The van der Waals surface area contributed by atoms with Crippen LogP contribution in [0, 0.1) is 16.0 Å². The number of nitro groups is 1. The van der Waals surface area contributed by atoms with Crippen LogP contribution in [0.2, 0.25) is 0 Å². The molecule has 1 fully saturated rings. The van der Waals surface area contributed by atoms with Crippen LogP contribution in [-0.4, -0.2) is 23.8 Å². The largest absolute Gasteiger partial charge is 0.371 e. The molecule has 0 unspecified atom stereocenters. The normalized spacial score (nSPS) is 16.0. The molecule has 1 saturated heterocycles. The summed E-state index contributed by atoms with van der Waals surface area (Å²) in [6.07, 6.45) is 4.74. The summed E-state index contributed by atoms with van der Waals surface area (Å²) in [7, 11) is 0. The summed E-state index contributed by atoms with van der Waals surface area (Å²) in [5, 5.41) is 11.1. The van der Waals surface area contributed by atoms with Crippen molar-refractivity contribution in [2.75, 3.05) is 18.0 Å². The second-order valence-electron chi connectivity index (χ2n) is 5.73. The molecule has 21 heavy (non-hydrogen) atoms. The van der Waals surface area contributed by atoms with Crippen LogP contribution >= 0.6 is 0 Å². The standard InChI is InChI=1S/C16H22N2O3/c1-3-4-13-7-9-17(10-8-13)14-5-6-15(12(2)19)16(11-14)18(20)21/h5-6,11,13H,3-4,7-10H2,1-2H3. The first-order valence-electron chi connectivity index (χ1n) is 7.57. The third kappa shape index (κ3) is 3.60. The van der Waals surface area contributed by atoms with Crippen molar-refractivity contribution >= 4 is 17.2 Å². The van der Waals surface area contributed by atoms with Crippen molar-refractivity contribution in [2.24, 2.45) is 5.92 Å². The van der Waals surface area contributed by atoms with Gasteiger partial charge in [-0.05, 0) is 37.8 Å². The Hall–Kier alpha value is -1.91. The predicted molar refractivity (Wildman–Crippen MR) is 82.9 cm³/mol. The Bertz CT molecular complexity index is 534. The molecule has 1 aliphatic heterocycles. The van der Waals surface area contributed by atoms with Crippen LogP contribution in [-0.2, 0) is 0 Å². The second kappa shape index (κ2) is 6.70. The van der Waals surface area contributed by atoms with Gasteiger partial charge in [-0.25, -0.2) is 0 Å². The van der Waals surface area contributed by atoms with Gasteiger partial charge in [0.2, 0.25) is 0 Å². The van der Waals surface area contributed by atoms with E-state index in [1.165, 1.54) is 25.8 Å². The van der Waals surface area contributed by atoms with Crippen LogP contribution < -0.4 is 4.90 Å². The number of carbonyl (C=O) groups excluding carboxylic acids is 1. The molecule has 1 aromatic carbocycles. The topological polar surface area (TPSA) is 63.5 Å². The van der Waals surface area contributed by atoms with Gasteiger partial charge >= 0.3 is 0 Å². The summed E-state index contributed by atoms with van der Waals surface area (Å²) in [4.78, 5) is 24.3. The number of ketones is 1. The fourth-order valence-electron chi connectivity index (χ4n) is 3.05. The molecule has 5 nitrogen and oxygen atoms in total. The van der Waals surface area contributed by atoms with E-state index < -0.39 is 4.92 Å². The third-order valence-electron chi connectivity index (χ3n) is 4.23. The average Bonchev–Trinajstić information content (AvgIpc) is 2.47. The molecule has 2 rings (SSSR count). The molecule has 114 valence electrons. The summed E-state index contributed by atoms with van der Waals surface area (Å²) in [5.41, 5.74) is 0.946. The SMILES string of the molecule is CCCC1CCN(c2ccc(C(C)=O)c([N+](=O)[O-])c2)CC1. The molecule has 1 aliphatic rings. The van der Waals surface area contributed by atoms with Gasteiger partial charge in [-0.15, -0.1) is 0 Å². The zero-order chi connectivity index (χ0) is 15.4. The number of piperidine rings is 1. The first-order valence-corrected chi connectivity index (χ1v) is 7.57. The van der Waals surface area contributed by atoms with Crippen molar-refractivity contribution in [3.05, 3.63) is 33.9 Å². The third-order valence-corrected chi connectivity index (χ3v) is 4.23. The molecule has 1 heterocycles. The van der Waals surface area contributed by atoms with Crippen molar-refractivity contribution in [1.29, 1.82) is 0 Å². The van der Waals surface area contributed by atoms with Gasteiger partial charge in [0, 0.05) is 24.8 Å². The fourth-order valence-corrected chi connectivity index (χ4v) is 3.05. The second-order valence-corrected chi connectivity index (χ2v) is 5.73. The maximum Gasteiger partial charge on any atom is 0.282 e. The lowest BCUT2D eigenvalue weighted by Gasteiger charge is -2.33. The Morgan fingerprint density at radius 1 is 1.38 bits per heavy atom. The summed E-state index contributed by atoms with van der Waals surface area (Å²) < 4.78 is 0. The number of anilines is 1. The molecule has 0 spiro atoms. The molecule has 0 aromatic heterocycles. The van der Waals surface area contributed by atoms with Gasteiger partial charge in [0.05, 0.1) is 10.5 Å². The fraction of sp³-hybridized carbons (Fsp3) is 0.562. The number of rotatable bonds is 5. The van der Waals surface area contributed by atoms with Crippen molar-refractivity contribution in [1.82, 2.24) is 0 Å². The van der Waals surface area contributed by atoms with Crippen molar-refractivity contribution in [3.63, 3.8) is 0 Å². The van der Waals surface area contributed by atoms with E-state index in [0.29, 0.717) is 0 Å². The molecule has 0 N–H and O–H groups in total. The van der Waals surface area contributed by atoms with Crippen LogP contribution in [0.4, 0.5) is 11.4 Å². The zero-order valence-electron chi connectivity index (χ0n) is 12.7. The molecule has 1 aromatic rings. The number of hydrogen-bond donors (Lipinski definition) is 0. The minimum absolute atomic E-state index is 0.0873. The summed E-state index contributed by atoms with van der Waals surface area (Å²) in [5.74, 6) is 0.507. The van der Waals surface area contributed by atoms with Crippen LogP contribution in [0.25, 0.3) is 0 Å². The summed E-state index contributed by atoms with van der Waals surface area (Å²) >= 11 is 0. The quantitative estimate of drug-likeness (QED) is 0.470. The number of benzene rings is 1. The van der Waals surface area contributed by atoms with Gasteiger partial charge in [0.15, 0.2) is 5.78 Å². The van der Waals surface area contributed by atoms with Crippen LogP contribution in [0.1, 0.15) is 49.9 Å². The van der Waals surface area contributed by atoms with Gasteiger partial charge in [0.1, 0.15) is 0 Å². The van der Waals surface area contributed by atoms with Crippen LogP contribution in [0.15, 0.2) is 18.2 Å². The van der Waals surface area contributed by atoms with E-state index in [0.717, 1.165) is 37.5 Å². The average molecular weight is 290 g/mol. The Labute approximate surface area is 125 Å². The van der Waals surface area contributed by atoms with Gasteiger partial charge in [0.25, 0.3) is 5.69 Å². The maximum atomic E-state index is 11.5. The minimum atomic E-state index is -0.468. The Kier molecular flexibility index (Phi) is 4.94. The molecule has 0 atom stereocenters. The zero-order valence-corrected chi connectivity index (χ0v) is 12.7. The summed E-state index contributed by atoms with van der Waals surface area (Å²) in [6, 6.07) is 4.94. The number of nitro benzene ring substituents is 1. The molecule has 0 radical (unpaired) electrons. The maximum absolute atomic E-state index is 11.5. The van der Waals surface area contributed by atoms with Crippen molar-refractivity contribution < 1.29 is 9.72 Å². The highest BCUT2D eigenvalue weighted by Gasteiger charge is 2.23. The van der Waals surface area contributed by atoms with Crippen molar-refractivity contribution in [2.45, 2.75) is 39.5 Å². The number of hydrogen-bond acceptors (Lipinski definition) is 4. The summed E-state index contributed by atoms with van der Waals surface area (Å²) in [6.45, 7) is 5.43. The molecule has 0 bridgehead atoms. The first kappa shape index (κ1) is 15.5. The number of carbonyl (C=O) groups is 1. The lowest BCUT2D eigenvalue weighted by Crippen LogP contribution is -2.33. The van der Waals surface area contributed by atoms with E-state index >= 15 is 0 Å². The molecule has 0 amide bonds. The molecule has 0 aliphatic carbocycles. The van der Waals surface area contributed by atoms with Crippen LogP contribution in [0.3, 0.4) is 0 Å². The van der Waals surface area contributed by atoms with E-state index in [1.54, 1.807) is 6.07 Å². The molecule has 5 heteroatoms. The Balaban J connectivity index is 2.16. The lowest BCUT2D eigenvalue weighted by molar-refractivity contribution is -0.385. The highest BCUT2D eigenvalue weighted by molar-refractivity contribution is 5.98. The smallest absolute Gasteiger partial charge is 0.282 e. The van der Waals surface area contributed by atoms with Gasteiger partial charge in [-0.2, -0.15) is 0 Å². The number of Topliss-reactive ketones (excluding diaryl/α,β-unsaturated/α-hetero) is 1. The van der Waals surface area contributed by atoms with Gasteiger partial charge in [-0.3, -0.25) is 14.9 Å². The molecular formula is C16H22N2O3. The predicted octanol–water partition coefficient (Wildman–Crippen LogP) is 3.81. The minimum Gasteiger partial charge on any atom is -0.371 e. The van der Waals surface area contributed by atoms with E-state index in [2.05, 4.69) is 11.8 Å². The van der Waals surface area contributed by atoms with E-state index in [9.17, 15) is 14.9 Å². The van der Waals surface area contributed by atoms with E-state index in [4.69, 9.17) is 0 Å². The Morgan fingerprint density at radius 3 is 2.57 bits per heavy atom. The monoisotopic (exact) mass is 290 g/mol. The highest BCUT2D eigenvalue weighted by Crippen LogP contribution is 2.30. The number of nitrogens with zero attached hydrogens (tertiary/aromatic N) is 2. The Morgan fingerprint density at radius 2 is 2.05 bits per heavy atom. The highest BCUT2D eigenvalue weighted by atomic mass is 16.6. The first-order chi connectivity index (χ1) is 10.0. The van der Waals surface area contributed by atoms with Crippen LogP contribution in [0.5, 0.6) is 0 Å². The lowest BCUT2D eigenvalue weighted by atomic mass is 9.92.